The highest BCUT2D eigenvalue weighted by Gasteiger charge is 2.10. The van der Waals surface area contributed by atoms with E-state index in [4.69, 9.17) is 0 Å². The zero-order chi connectivity index (χ0) is 11.4. The van der Waals surface area contributed by atoms with Gasteiger partial charge in [-0.1, -0.05) is 6.07 Å². The number of nitrogens with one attached hydrogen (secondary N) is 1. The Labute approximate surface area is 108 Å². The molecule has 2 heterocycles. The van der Waals surface area contributed by atoms with Gasteiger partial charge in [-0.05, 0) is 17.5 Å². The number of hydrogen-bond acceptors (Lipinski definition) is 3. The molecule has 7 heteroatoms. The first-order chi connectivity index (χ1) is 7.77. The van der Waals surface area contributed by atoms with Gasteiger partial charge in [-0.3, -0.25) is 0 Å². The molecule has 2 rings (SSSR count). The van der Waals surface area contributed by atoms with Gasteiger partial charge in [0.2, 0.25) is 0 Å². The summed E-state index contributed by atoms with van der Waals surface area (Å²) in [5.74, 6) is 0. The minimum absolute atomic E-state index is 0. The van der Waals surface area contributed by atoms with E-state index in [1.807, 2.05) is 17.5 Å². The number of rotatable bonds is 5. The lowest BCUT2D eigenvalue weighted by Gasteiger charge is -2.06. The van der Waals surface area contributed by atoms with Gasteiger partial charge in [-0.2, -0.15) is 13.9 Å². The molecule has 2 aromatic rings. The molecule has 0 aromatic carbocycles. The van der Waals surface area contributed by atoms with Crippen LogP contribution < -0.4 is 5.32 Å². The lowest BCUT2D eigenvalue weighted by Crippen LogP contribution is -2.16. The quantitative estimate of drug-likeness (QED) is 0.912. The van der Waals surface area contributed by atoms with E-state index < -0.39 is 6.55 Å². The van der Waals surface area contributed by atoms with Crippen molar-refractivity contribution in [2.75, 3.05) is 0 Å². The molecule has 1 N–H and O–H groups in total. The van der Waals surface area contributed by atoms with Crippen molar-refractivity contribution in [1.82, 2.24) is 15.1 Å². The Morgan fingerprint density at radius 3 is 2.82 bits per heavy atom. The van der Waals surface area contributed by atoms with Crippen molar-refractivity contribution in [2.24, 2.45) is 0 Å². The Morgan fingerprint density at radius 2 is 2.18 bits per heavy atom. The average molecular weight is 280 g/mol. The molecule has 0 bridgehead atoms. The van der Waals surface area contributed by atoms with Crippen molar-refractivity contribution in [1.29, 1.82) is 0 Å². The highest BCUT2D eigenvalue weighted by atomic mass is 35.5. The molecule has 94 valence electrons. The summed E-state index contributed by atoms with van der Waals surface area (Å²) in [5, 5.41) is 8.65. The van der Waals surface area contributed by atoms with E-state index in [1.165, 1.54) is 11.1 Å². The molecule has 3 nitrogen and oxygen atoms in total. The fourth-order valence-electron chi connectivity index (χ4n) is 1.38. The predicted octanol–water partition coefficient (Wildman–Crippen LogP) is 3.05. The van der Waals surface area contributed by atoms with E-state index in [0.717, 1.165) is 4.68 Å². The van der Waals surface area contributed by atoms with E-state index in [1.54, 1.807) is 17.4 Å². The van der Waals surface area contributed by atoms with Crippen LogP contribution in [0.25, 0.3) is 0 Å². The minimum atomic E-state index is -2.58. The van der Waals surface area contributed by atoms with Gasteiger partial charge in [-0.15, -0.1) is 23.7 Å². The zero-order valence-corrected chi connectivity index (χ0v) is 10.5. The van der Waals surface area contributed by atoms with Gasteiger partial charge >= 0.3 is 6.55 Å². The second-order valence-electron chi connectivity index (χ2n) is 3.23. The second kappa shape index (κ2) is 6.68. The molecule has 0 saturated heterocycles. The van der Waals surface area contributed by atoms with Crippen LogP contribution in [0.5, 0.6) is 0 Å². The summed E-state index contributed by atoms with van der Waals surface area (Å²) in [4.78, 5) is 1.18. The Balaban J connectivity index is 0.00000144. The third-order valence-electron chi connectivity index (χ3n) is 2.12. The third kappa shape index (κ3) is 3.76. The van der Waals surface area contributed by atoms with Gasteiger partial charge in [-0.25, -0.2) is 4.68 Å². The first-order valence-electron chi connectivity index (χ1n) is 4.81. The Morgan fingerprint density at radius 1 is 1.35 bits per heavy atom. The van der Waals surface area contributed by atoms with Crippen molar-refractivity contribution in [2.45, 2.75) is 19.6 Å². The van der Waals surface area contributed by atoms with Gasteiger partial charge in [0.25, 0.3) is 0 Å². The Hall–Kier alpha value is -0.980. The van der Waals surface area contributed by atoms with Crippen molar-refractivity contribution in [3.05, 3.63) is 40.3 Å². The van der Waals surface area contributed by atoms with Gasteiger partial charge in [0.1, 0.15) is 0 Å². The number of hydrogen-bond donors (Lipinski definition) is 1. The Bertz CT molecular complexity index is 430. The number of alkyl halides is 2. The molecule has 0 aliphatic rings. The van der Waals surface area contributed by atoms with Crippen LogP contribution in [0, 0.1) is 0 Å². The molecule has 0 amide bonds. The average Bonchev–Trinajstić information content (AvgIpc) is 2.87. The number of nitrogens with zero attached hydrogens (tertiary/aromatic N) is 2. The molecule has 0 unspecified atom stereocenters. The van der Waals surface area contributed by atoms with Gasteiger partial charge in [0.15, 0.2) is 0 Å². The minimum Gasteiger partial charge on any atom is -0.306 e. The van der Waals surface area contributed by atoms with Crippen LogP contribution in [-0.2, 0) is 13.1 Å². The molecule has 0 spiro atoms. The molecule has 0 atom stereocenters. The van der Waals surface area contributed by atoms with Gasteiger partial charge in [0, 0.05) is 24.2 Å². The molecule has 0 saturated carbocycles. The van der Waals surface area contributed by atoms with Crippen molar-refractivity contribution >= 4 is 23.7 Å². The first kappa shape index (κ1) is 14.1. The number of halogens is 3. The van der Waals surface area contributed by atoms with Crippen LogP contribution in [0.15, 0.2) is 29.8 Å². The lowest BCUT2D eigenvalue weighted by atomic mass is 10.4. The normalized spacial score (nSPS) is 10.5. The van der Waals surface area contributed by atoms with Crippen molar-refractivity contribution < 1.29 is 8.78 Å². The smallest absolute Gasteiger partial charge is 0.306 e. The summed E-state index contributed by atoms with van der Waals surface area (Å²) >= 11 is 1.64. The van der Waals surface area contributed by atoms with Gasteiger partial charge < -0.3 is 5.32 Å². The molecule has 0 aliphatic heterocycles. The lowest BCUT2D eigenvalue weighted by molar-refractivity contribution is 0.0531. The summed E-state index contributed by atoms with van der Waals surface area (Å²) in [6.07, 6.45) is 1.38. The highest BCUT2D eigenvalue weighted by Crippen LogP contribution is 2.12. The maximum atomic E-state index is 12.4. The summed E-state index contributed by atoms with van der Waals surface area (Å²) in [6, 6.07) is 5.56. The summed E-state index contributed by atoms with van der Waals surface area (Å²) in [5.41, 5.74) is 0.492. The topological polar surface area (TPSA) is 29.9 Å². The van der Waals surface area contributed by atoms with Crippen LogP contribution in [0.2, 0.25) is 0 Å². The monoisotopic (exact) mass is 279 g/mol. The fraction of sp³-hybridized carbons (Fsp3) is 0.300. The molecule has 2 aromatic heterocycles. The fourth-order valence-corrected chi connectivity index (χ4v) is 2.06. The highest BCUT2D eigenvalue weighted by molar-refractivity contribution is 7.09. The van der Waals surface area contributed by atoms with E-state index >= 15 is 0 Å². The van der Waals surface area contributed by atoms with Crippen LogP contribution in [0.3, 0.4) is 0 Å². The standard InChI is InChI=1S/C10H11F2N3S.ClH/c11-10(12)15-8(3-4-14-15)6-13-7-9-2-1-5-16-9;/h1-5,10,13H,6-7H2;1H. The van der Waals surface area contributed by atoms with E-state index in [-0.39, 0.29) is 12.4 Å². The molecule has 0 radical (unpaired) electrons. The second-order valence-corrected chi connectivity index (χ2v) is 4.26. The maximum Gasteiger partial charge on any atom is 0.333 e. The maximum absolute atomic E-state index is 12.4. The van der Waals surface area contributed by atoms with E-state index in [9.17, 15) is 8.78 Å². The number of thiophene rings is 1. The molecular formula is C10H12ClF2N3S. The van der Waals surface area contributed by atoms with Crippen LogP contribution in [-0.4, -0.2) is 9.78 Å². The molecule has 0 aliphatic carbocycles. The van der Waals surface area contributed by atoms with Crippen LogP contribution in [0.1, 0.15) is 17.1 Å². The van der Waals surface area contributed by atoms with E-state index in [0.29, 0.717) is 18.8 Å². The molecule has 0 fully saturated rings. The molecule has 17 heavy (non-hydrogen) atoms. The largest absolute Gasteiger partial charge is 0.333 e. The summed E-state index contributed by atoms with van der Waals surface area (Å²) in [6.45, 7) is -1.50. The predicted molar refractivity (Wildman–Crippen MR) is 65.6 cm³/mol. The first-order valence-corrected chi connectivity index (χ1v) is 5.69. The van der Waals surface area contributed by atoms with Crippen molar-refractivity contribution in [3.63, 3.8) is 0 Å². The van der Waals surface area contributed by atoms with Crippen molar-refractivity contribution in [3.8, 4) is 0 Å². The van der Waals surface area contributed by atoms with Crippen LogP contribution in [0.4, 0.5) is 8.78 Å². The third-order valence-corrected chi connectivity index (χ3v) is 3.00. The summed E-state index contributed by atoms with van der Waals surface area (Å²) in [7, 11) is 0. The SMILES string of the molecule is Cl.FC(F)n1nccc1CNCc1cccs1. The van der Waals surface area contributed by atoms with Gasteiger partial charge in [0.05, 0.1) is 5.69 Å². The zero-order valence-electron chi connectivity index (χ0n) is 8.85. The Kier molecular flexibility index (Phi) is 5.54. The molecular weight excluding hydrogens is 268 g/mol. The van der Waals surface area contributed by atoms with E-state index in [2.05, 4.69) is 10.4 Å². The number of aromatic nitrogens is 2. The van der Waals surface area contributed by atoms with Crippen LogP contribution >= 0.6 is 23.7 Å². The summed E-state index contributed by atoms with van der Waals surface area (Å²) < 4.78 is 25.6.